The molecule has 27 heavy (non-hydrogen) atoms. The molecule has 1 aromatic heterocycles. The Labute approximate surface area is 178 Å². The van der Waals surface area contributed by atoms with Gasteiger partial charge in [0, 0.05) is 33.1 Å². The number of benzene rings is 1. The molecule has 0 aliphatic rings. The summed E-state index contributed by atoms with van der Waals surface area (Å²) in [5.41, 5.74) is 1.21. The summed E-state index contributed by atoms with van der Waals surface area (Å²) in [5.74, 6) is 3.14. The first-order valence-corrected chi connectivity index (χ1v) is 9.12. The fourth-order valence-corrected chi connectivity index (χ4v) is 2.53. The third kappa shape index (κ3) is 8.15. The zero-order valence-corrected chi connectivity index (χ0v) is 18.9. The summed E-state index contributed by atoms with van der Waals surface area (Å²) in [4.78, 5) is 11.0. The second-order valence-corrected chi connectivity index (χ2v) is 6.01. The molecule has 0 amide bonds. The number of halogens is 1. The largest absolute Gasteiger partial charge is 0.494 e. The van der Waals surface area contributed by atoms with E-state index in [1.165, 1.54) is 5.56 Å². The lowest BCUT2D eigenvalue weighted by Crippen LogP contribution is -2.38. The summed E-state index contributed by atoms with van der Waals surface area (Å²) in [6, 6.07) is 8.18. The minimum absolute atomic E-state index is 0. The van der Waals surface area contributed by atoms with Crippen molar-refractivity contribution >= 4 is 29.9 Å². The van der Waals surface area contributed by atoms with Crippen molar-refractivity contribution in [3.63, 3.8) is 0 Å². The highest BCUT2D eigenvalue weighted by atomic mass is 127. The summed E-state index contributed by atoms with van der Waals surface area (Å²) in [6.45, 7) is 8.87. The molecule has 0 aliphatic heterocycles. The topological polar surface area (TPSA) is 75.8 Å². The Balaban J connectivity index is 0.00000364. The van der Waals surface area contributed by atoms with Gasteiger partial charge in [0.1, 0.15) is 5.75 Å². The monoisotopic (exact) mass is 487 g/mol. The molecule has 0 atom stereocenters. The van der Waals surface area contributed by atoms with E-state index in [4.69, 9.17) is 14.3 Å². The van der Waals surface area contributed by atoms with Gasteiger partial charge in [-0.25, -0.2) is 0 Å². The van der Waals surface area contributed by atoms with Crippen LogP contribution in [0.4, 0.5) is 0 Å². The maximum atomic E-state index is 5.49. The molecule has 7 nitrogen and oxygen atoms in total. The molecule has 0 bridgehead atoms. The molecule has 0 fully saturated rings. The first-order valence-electron chi connectivity index (χ1n) is 9.12. The van der Waals surface area contributed by atoms with E-state index in [1.807, 2.05) is 33.0 Å². The molecular weight excluding hydrogens is 457 g/mol. The minimum Gasteiger partial charge on any atom is -0.494 e. The SMILES string of the molecule is CCNC(=NCCCc1nc(C)no1)N(C)Cc1ccc(OCC)cc1.I. The molecule has 0 saturated carbocycles. The smallest absolute Gasteiger partial charge is 0.226 e. The number of guanidine groups is 1. The molecule has 1 aromatic carbocycles. The van der Waals surface area contributed by atoms with Crippen molar-refractivity contribution in [2.75, 3.05) is 26.7 Å². The van der Waals surface area contributed by atoms with Crippen LogP contribution in [-0.4, -0.2) is 47.7 Å². The van der Waals surface area contributed by atoms with Crippen LogP contribution < -0.4 is 10.1 Å². The van der Waals surface area contributed by atoms with Gasteiger partial charge >= 0.3 is 0 Å². The van der Waals surface area contributed by atoms with Crippen LogP contribution in [0, 0.1) is 6.92 Å². The summed E-state index contributed by atoms with van der Waals surface area (Å²) in [6.07, 6.45) is 1.61. The third-order valence-electron chi connectivity index (χ3n) is 3.73. The second-order valence-electron chi connectivity index (χ2n) is 6.01. The number of aliphatic imine (C=N–C) groups is 1. The molecule has 2 aromatic rings. The van der Waals surface area contributed by atoms with Crippen molar-refractivity contribution in [3.8, 4) is 5.75 Å². The van der Waals surface area contributed by atoms with E-state index in [9.17, 15) is 0 Å². The van der Waals surface area contributed by atoms with Crippen LogP contribution in [0.1, 0.15) is 37.5 Å². The fourth-order valence-electron chi connectivity index (χ4n) is 2.53. The zero-order valence-electron chi connectivity index (χ0n) is 16.6. The number of aromatic nitrogens is 2. The third-order valence-corrected chi connectivity index (χ3v) is 3.73. The highest BCUT2D eigenvalue weighted by Crippen LogP contribution is 2.13. The van der Waals surface area contributed by atoms with Crippen molar-refractivity contribution in [2.24, 2.45) is 4.99 Å². The summed E-state index contributed by atoms with van der Waals surface area (Å²) in [7, 11) is 2.04. The standard InChI is InChI=1S/C19H29N5O2.HI/c1-5-20-19(21-13-7-8-18-22-15(3)23-26-18)24(4)14-16-9-11-17(12-10-16)25-6-2;/h9-12H,5-8,13-14H2,1-4H3,(H,20,21);1H. The lowest BCUT2D eigenvalue weighted by Gasteiger charge is -2.22. The van der Waals surface area contributed by atoms with Gasteiger partial charge in [-0.15, -0.1) is 24.0 Å². The molecule has 8 heteroatoms. The molecule has 0 spiro atoms. The molecule has 0 aliphatic carbocycles. The Morgan fingerprint density at radius 2 is 2.00 bits per heavy atom. The molecule has 0 saturated heterocycles. The molecule has 0 radical (unpaired) electrons. The van der Waals surface area contributed by atoms with Gasteiger partial charge in [-0.05, 0) is 44.9 Å². The van der Waals surface area contributed by atoms with Gasteiger partial charge in [0.25, 0.3) is 0 Å². The Morgan fingerprint density at radius 1 is 1.26 bits per heavy atom. The van der Waals surface area contributed by atoms with Crippen molar-refractivity contribution in [1.82, 2.24) is 20.4 Å². The van der Waals surface area contributed by atoms with Crippen LogP contribution in [0.2, 0.25) is 0 Å². The molecular formula is C19H30IN5O2. The van der Waals surface area contributed by atoms with Crippen molar-refractivity contribution in [2.45, 2.75) is 40.2 Å². The number of nitrogens with zero attached hydrogens (tertiary/aromatic N) is 4. The molecule has 150 valence electrons. The summed E-state index contributed by atoms with van der Waals surface area (Å²) < 4.78 is 10.6. The maximum absolute atomic E-state index is 5.49. The van der Waals surface area contributed by atoms with E-state index in [1.54, 1.807) is 0 Å². The van der Waals surface area contributed by atoms with Gasteiger partial charge in [0.15, 0.2) is 11.8 Å². The van der Waals surface area contributed by atoms with Crippen LogP contribution in [0.3, 0.4) is 0 Å². The zero-order chi connectivity index (χ0) is 18.8. The number of nitrogens with one attached hydrogen (secondary N) is 1. The van der Waals surface area contributed by atoms with E-state index in [2.05, 4.69) is 39.4 Å². The quantitative estimate of drug-likeness (QED) is 0.253. The fraction of sp³-hybridized carbons (Fsp3) is 0.526. The van der Waals surface area contributed by atoms with Crippen molar-refractivity contribution in [1.29, 1.82) is 0 Å². The van der Waals surface area contributed by atoms with Gasteiger partial charge in [-0.2, -0.15) is 4.98 Å². The highest BCUT2D eigenvalue weighted by Gasteiger charge is 2.07. The van der Waals surface area contributed by atoms with E-state index in [0.717, 1.165) is 37.6 Å². The molecule has 1 N–H and O–H groups in total. The van der Waals surface area contributed by atoms with Crippen LogP contribution in [0.5, 0.6) is 5.75 Å². The summed E-state index contributed by atoms with van der Waals surface area (Å²) in [5, 5.41) is 7.14. The van der Waals surface area contributed by atoms with Gasteiger partial charge in [0.05, 0.1) is 6.61 Å². The van der Waals surface area contributed by atoms with E-state index >= 15 is 0 Å². The molecule has 0 unspecified atom stereocenters. The average molecular weight is 487 g/mol. The van der Waals surface area contributed by atoms with E-state index < -0.39 is 0 Å². The van der Waals surface area contributed by atoms with Crippen LogP contribution in [0.15, 0.2) is 33.8 Å². The predicted octanol–water partition coefficient (Wildman–Crippen LogP) is 3.42. The van der Waals surface area contributed by atoms with Gasteiger partial charge < -0.3 is 19.5 Å². The number of hydrogen-bond donors (Lipinski definition) is 1. The maximum Gasteiger partial charge on any atom is 0.226 e. The van der Waals surface area contributed by atoms with Gasteiger partial charge in [-0.1, -0.05) is 17.3 Å². The highest BCUT2D eigenvalue weighted by molar-refractivity contribution is 14.0. The normalized spacial score (nSPS) is 11.0. The number of hydrogen-bond acceptors (Lipinski definition) is 5. The number of rotatable bonds is 9. The Kier molecular flexibility index (Phi) is 10.8. The van der Waals surface area contributed by atoms with Crippen molar-refractivity contribution in [3.05, 3.63) is 41.5 Å². The number of aryl methyl sites for hydroxylation is 2. The van der Waals surface area contributed by atoms with Crippen LogP contribution in [0.25, 0.3) is 0 Å². The lowest BCUT2D eigenvalue weighted by molar-refractivity contribution is 0.340. The van der Waals surface area contributed by atoms with Crippen LogP contribution >= 0.6 is 24.0 Å². The van der Waals surface area contributed by atoms with Crippen LogP contribution in [-0.2, 0) is 13.0 Å². The lowest BCUT2D eigenvalue weighted by atomic mass is 10.2. The minimum atomic E-state index is 0. The first kappa shape index (κ1) is 23.2. The molecule has 1 heterocycles. The Bertz CT molecular complexity index is 688. The Hall–Kier alpha value is -1.84. The summed E-state index contributed by atoms with van der Waals surface area (Å²) >= 11 is 0. The van der Waals surface area contributed by atoms with Gasteiger partial charge in [0.2, 0.25) is 5.89 Å². The predicted molar refractivity (Wildman–Crippen MR) is 118 cm³/mol. The number of ether oxygens (including phenoxy) is 1. The van der Waals surface area contributed by atoms with Gasteiger partial charge in [-0.3, -0.25) is 4.99 Å². The first-order chi connectivity index (χ1) is 12.6. The Morgan fingerprint density at radius 3 is 2.59 bits per heavy atom. The van der Waals surface area contributed by atoms with E-state index in [0.29, 0.717) is 24.9 Å². The van der Waals surface area contributed by atoms with E-state index in [-0.39, 0.29) is 24.0 Å². The molecule has 2 rings (SSSR count). The average Bonchev–Trinajstić information content (AvgIpc) is 3.05. The van der Waals surface area contributed by atoms with Crippen molar-refractivity contribution < 1.29 is 9.26 Å². The second kappa shape index (κ2) is 12.5.